The predicted octanol–water partition coefficient (Wildman–Crippen LogP) is 16.3. The number of hydrogen-bond acceptors (Lipinski definition) is 4. The van der Waals surface area contributed by atoms with Crippen molar-refractivity contribution in [3.63, 3.8) is 0 Å². The third-order valence-corrected chi connectivity index (χ3v) is 29.6. The molecule has 3 saturated heterocycles. The zero-order valence-electron chi connectivity index (χ0n) is 39.7. The Morgan fingerprint density at radius 1 is 0.258 bits per heavy atom. The molecule has 0 aromatic rings. The molecule has 3 aliphatic heterocycles. The monoisotopic (exact) mass is 900 g/mol. The minimum Gasteiger partial charge on any atom is -0.293 e. The topological polar surface area (TPSA) is 3.24 Å². The summed E-state index contributed by atoms with van der Waals surface area (Å²) >= 11 is 7.80. The predicted molar refractivity (Wildman–Crippen MR) is 269 cm³/mol. The van der Waals surface area contributed by atoms with Crippen molar-refractivity contribution in [1.29, 1.82) is 0 Å². The van der Waals surface area contributed by atoms with Crippen LogP contribution in [-0.4, -0.2) is 54.5 Å². The van der Waals surface area contributed by atoms with Crippen molar-refractivity contribution in [3.8, 4) is 0 Å². The molecule has 348 valence electrons. The molecule has 0 amide bonds. The highest BCUT2D eigenvalue weighted by atomic mass is 32.2. The summed E-state index contributed by atoms with van der Waals surface area (Å²) in [5.74, 6) is 15.2. The smallest absolute Gasteiger partial charge is 0.0237 e. The minimum atomic E-state index is 0.909. The molecule has 0 bridgehead atoms. The molecule has 62 heavy (non-hydrogen) atoms. The number of hydrogen-bond donors (Lipinski definition) is 0. The second-order valence-corrected chi connectivity index (χ2v) is 30.5. The van der Waals surface area contributed by atoms with E-state index < -0.39 is 0 Å². The molecule has 4 heteroatoms. The first kappa shape index (κ1) is 43.1. The Morgan fingerprint density at radius 3 is 1.52 bits per heavy atom. The fourth-order valence-electron chi connectivity index (χ4n) is 21.2. The zero-order chi connectivity index (χ0) is 40.7. The Morgan fingerprint density at radius 2 is 0.774 bits per heavy atom. The summed E-state index contributed by atoms with van der Waals surface area (Å²) in [5.41, 5.74) is 0. The number of thioether (sulfide) groups is 3. The van der Waals surface area contributed by atoms with Gasteiger partial charge in [-0.2, -0.15) is 35.3 Å². The molecule has 13 aliphatic rings. The maximum Gasteiger partial charge on any atom is 0.0237 e. The third kappa shape index (κ3) is 7.97. The number of fused-ring (bicyclic) bond motifs is 11. The van der Waals surface area contributed by atoms with Gasteiger partial charge in [0.2, 0.25) is 0 Å². The van der Waals surface area contributed by atoms with Gasteiger partial charge in [-0.25, -0.2) is 0 Å². The van der Waals surface area contributed by atoms with Crippen molar-refractivity contribution in [2.24, 2.45) is 82.9 Å². The second kappa shape index (κ2) is 18.7. The Labute approximate surface area is 395 Å². The summed E-state index contributed by atoms with van der Waals surface area (Å²) in [6.07, 6.45) is 55.3. The van der Waals surface area contributed by atoms with Crippen LogP contribution in [0.2, 0.25) is 0 Å². The van der Waals surface area contributed by atoms with E-state index in [9.17, 15) is 0 Å². The van der Waals surface area contributed by atoms with Crippen molar-refractivity contribution in [3.05, 3.63) is 0 Å². The van der Waals surface area contributed by atoms with Crippen molar-refractivity contribution in [1.82, 2.24) is 4.90 Å². The van der Waals surface area contributed by atoms with Crippen molar-refractivity contribution in [2.45, 2.75) is 274 Å². The first-order valence-corrected chi connectivity index (χ1v) is 32.3. The van der Waals surface area contributed by atoms with Crippen molar-refractivity contribution < 1.29 is 0 Å². The maximum absolute atomic E-state index is 3.47. The molecule has 13 rings (SSSR count). The molecule has 10 saturated carbocycles. The molecule has 1 nitrogen and oxygen atoms in total. The number of nitrogens with zero attached hydrogens (tertiary/aromatic N) is 1. The Hall–Kier alpha value is 1.01. The van der Waals surface area contributed by atoms with Crippen molar-refractivity contribution >= 4 is 35.3 Å². The van der Waals surface area contributed by atoms with Crippen LogP contribution in [0.25, 0.3) is 0 Å². The van der Waals surface area contributed by atoms with Crippen LogP contribution in [0.4, 0.5) is 0 Å². The van der Waals surface area contributed by atoms with E-state index in [1.54, 1.807) is 205 Å². The van der Waals surface area contributed by atoms with E-state index in [1.165, 1.54) is 19.3 Å². The van der Waals surface area contributed by atoms with Crippen LogP contribution < -0.4 is 0 Å². The van der Waals surface area contributed by atoms with E-state index in [0.717, 1.165) is 132 Å². The normalized spacial score (nSPS) is 54.3. The van der Waals surface area contributed by atoms with Gasteiger partial charge in [0.15, 0.2) is 0 Å². The highest BCUT2D eigenvalue weighted by molar-refractivity contribution is 8.02. The lowest BCUT2D eigenvalue weighted by atomic mass is 9.59. The Kier molecular flexibility index (Phi) is 13.0. The molecule has 0 spiro atoms. The van der Waals surface area contributed by atoms with Gasteiger partial charge in [-0.15, -0.1) is 0 Å². The number of rotatable bonds is 6. The van der Waals surface area contributed by atoms with Gasteiger partial charge in [-0.05, 0) is 237 Å². The van der Waals surface area contributed by atoms with Gasteiger partial charge in [0.05, 0.1) is 0 Å². The van der Waals surface area contributed by atoms with Crippen LogP contribution in [0.5, 0.6) is 0 Å². The quantitative estimate of drug-likeness (QED) is 0.261. The fraction of sp³-hybridized carbons (Fsp3) is 1.00. The van der Waals surface area contributed by atoms with Gasteiger partial charge in [-0.1, -0.05) is 70.6 Å². The standard InChI is InChI=1S/C58H93NS3/c1-2-10-36(11-3-1)40-22-20-38-21-23-41(35-42(38)34-40)37-24-28-43(29-25-37)59(51-17-9-16-47-46-12-4-6-18-52(46)61-57(47)51)44-30-26-39(27-31-44)45-14-8-15-48-49-32-33-54-55(58(49)62-56(45)48)50-13-5-7-19-53(50)60-54/h36-58H,1-35H2. The van der Waals surface area contributed by atoms with Crippen LogP contribution in [0.15, 0.2) is 0 Å². The highest BCUT2D eigenvalue weighted by Crippen LogP contribution is 2.66. The Bertz CT molecular complexity index is 1490. The molecule has 10 aliphatic carbocycles. The van der Waals surface area contributed by atoms with E-state index in [2.05, 4.69) is 40.2 Å². The summed E-state index contributed by atoms with van der Waals surface area (Å²) in [7, 11) is 0. The van der Waals surface area contributed by atoms with Crippen LogP contribution in [-0.2, 0) is 0 Å². The van der Waals surface area contributed by atoms with Gasteiger partial charge < -0.3 is 0 Å². The van der Waals surface area contributed by atoms with Gasteiger partial charge in [0, 0.05) is 49.6 Å². The van der Waals surface area contributed by atoms with Gasteiger partial charge >= 0.3 is 0 Å². The van der Waals surface area contributed by atoms with E-state index >= 15 is 0 Å². The average Bonchev–Trinajstić information content (AvgIpc) is 4.04. The first-order chi connectivity index (χ1) is 30.7. The molecular weight excluding hydrogens is 807 g/mol. The van der Waals surface area contributed by atoms with Crippen LogP contribution in [0, 0.1) is 82.9 Å². The highest BCUT2D eigenvalue weighted by Gasteiger charge is 2.60. The van der Waals surface area contributed by atoms with Crippen LogP contribution in [0.3, 0.4) is 0 Å². The van der Waals surface area contributed by atoms with E-state index in [1.807, 2.05) is 0 Å². The summed E-state index contributed by atoms with van der Waals surface area (Å²) in [5, 5.41) is 6.18. The van der Waals surface area contributed by atoms with Crippen molar-refractivity contribution in [2.75, 3.05) is 0 Å². The average molecular weight is 901 g/mol. The minimum absolute atomic E-state index is 0.909. The largest absolute Gasteiger partial charge is 0.293 e. The van der Waals surface area contributed by atoms with Gasteiger partial charge in [0.25, 0.3) is 0 Å². The molecule has 0 aromatic carbocycles. The van der Waals surface area contributed by atoms with E-state index in [-0.39, 0.29) is 0 Å². The first-order valence-electron chi connectivity index (χ1n) is 29.5. The molecule has 3 heterocycles. The zero-order valence-corrected chi connectivity index (χ0v) is 42.1. The van der Waals surface area contributed by atoms with Crippen LogP contribution in [0.1, 0.15) is 225 Å². The maximum atomic E-state index is 3.47. The lowest BCUT2D eigenvalue weighted by Gasteiger charge is -2.53. The Balaban J connectivity index is 0.689. The summed E-state index contributed by atoms with van der Waals surface area (Å²) in [6, 6.07) is 2.73. The molecule has 0 radical (unpaired) electrons. The van der Waals surface area contributed by atoms with E-state index in [0.29, 0.717) is 0 Å². The second-order valence-electron chi connectivity index (χ2n) is 26.2. The summed E-state index contributed by atoms with van der Waals surface area (Å²) in [4.78, 5) is 3.47. The summed E-state index contributed by atoms with van der Waals surface area (Å²) < 4.78 is 0. The third-order valence-electron chi connectivity index (χ3n) is 23.9. The molecule has 0 aromatic heterocycles. The molecule has 13 fully saturated rings. The van der Waals surface area contributed by atoms with Gasteiger partial charge in [0.1, 0.15) is 0 Å². The SMILES string of the molecule is C1CCC(C2CCC3CCC(C4CCC(N(C5CCC(C6CCCC7C8CCC9SC%10CCCCC%10C9C8SC67)CC5)C5CCCC6C7CCCCC7SC65)CC4)CC3C2)CC1. The molecule has 18 unspecified atom stereocenters. The fourth-order valence-corrected chi connectivity index (χ4v) is 28.2. The lowest BCUT2D eigenvalue weighted by molar-refractivity contribution is -0.0152. The molecule has 18 atom stereocenters. The molecular formula is C58H93NS3. The molecule has 0 N–H and O–H groups in total. The van der Waals surface area contributed by atoms with E-state index in [4.69, 9.17) is 0 Å². The van der Waals surface area contributed by atoms with Gasteiger partial charge in [-0.3, -0.25) is 4.90 Å². The lowest BCUT2D eigenvalue weighted by Crippen LogP contribution is -2.57. The van der Waals surface area contributed by atoms with Crippen LogP contribution >= 0.6 is 35.3 Å². The summed E-state index contributed by atoms with van der Waals surface area (Å²) in [6.45, 7) is 0.